The third kappa shape index (κ3) is 2.70. The van der Waals surface area contributed by atoms with Crippen LogP contribution in [0.15, 0.2) is 45.7 Å². The molecule has 5 nitrogen and oxygen atoms in total. The van der Waals surface area contributed by atoms with Gasteiger partial charge >= 0.3 is 0 Å². The minimum Gasteiger partial charge on any atom is -0.361 e. The monoisotopic (exact) mass is 295 g/mol. The third-order valence-electron chi connectivity index (χ3n) is 3.61. The van der Waals surface area contributed by atoms with Gasteiger partial charge in [-0.25, -0.2) is 4.68 Å². The van der Waals surface area contributed by atoms with Gasteiger partial charge in [-0.05, 0) is 32.4 Å². The Morgan fingerprint density at radius 2 is 1.77 bits per heavy atom. The standard InChI is InChI=1S/C17H17N3O2/c1-11-4-6-14(7-5-11)10-20-16(21)9-8-15(18-20)17-12(2)19-22-13(17)3/h4-9H,10H2,1-3H3. The van der Waals surface area contributed by atoms with E-state index < -0.39 is 0 Å². The SMILES string of the molecule is Cc1ccc(Cn2nc(-c3c(C)noc3C)ccc2=O)cc1. The Hall–Kier alpha value is -2.69. The van der Waals surface area contributed by atoms with Crippen molar-refractivity contribution in [3.63, 3.8) is 0 Å². The van der Waals surface area contributed by atoms with Gasteiger partial charge in [0.2, 0.25) is 0 Å². The van der Waals surface area contributed by atoms with Gasteiger partial charge in [0.15, 0.2) is 0 Å². The van der Waals surface area contributed by atoms with Crippen molar-refractivity contribution in [1.29, 1.82) is 0 Å². The molecule has 112 valence electrons. The van der Waals surface area contributed by atoms with Crippen molar-refractivity contribution in [3.05, 3.63) is 69.3 Å². The molecule has 0 unspecified atom stereocenters. The van der Waals surface area contributed by atoms with Crippen LogP contribution in [0.5, 0.6) is 0 Å². The van der Waals surface area contributed by atoms with Crippen LogP contribution in [0.2, 0.25) is 0 Å². The van der Waals surface area contributed by atoms with E-state index in [9.17, 15) is 4.79 Å². The summed E-state index contributed by atoms with van der Waals surface area (Å²) in [7, 11) is 0. The third-order valence-corrected chi connectivity index (χ3v) is 3.61. The van der Waals surface area contributed by atoms with Gasteiger partial charge < -0.3 is 4.52 Å². The number of benzene rings is 1. The summed E-state index contributed by atoms with van der Waals surface area (Å²) >= 11 is 0. The largest absolute Gasteiger partial charge is 0.361 e. The number of hydrogen-bond acceptors (Lipinski definition) is 4. The first-order chi connectivity index (χ1) is 10.5. The molecule has 5 heteroatoms. The predicted molar refractivity (Wildman–Crippen MR) is 83.7 cm³/mol. The van der Waals surface area contributed by atoms with E-state index in [1.165, 1.54) is 16.3 Å². The van der Waals surface area contributed by atoms with Crippen LogP contribution < -0.4 is 5.56 Å². The molecule has 0 spiro atoms. The van der Waals surface area contributed by atoms with Gasteiger partial charge in [-0.15, -0.1) is 0 Å². The van der Waals surface area contributed by atoms with Crippen molar-refractivity contribution in [3.8, 4) is 11.3 Å². The van der Waals surface area contributed by atoms with E-state index in [-0.39, 0.29) is 5.56 Å². The molecule has 0 aliphatic carbocycles. The number of hydrogen-bond donors (Lipinski definition) is 0. The molecule has 2 heterocycles. The maximum atomic E-state index is 12.0. The van der Waals surface area contributed by atoms with Crippen molar-refractivity contribution in [2.45, 2.75) is 27.3 Å². The Balaban J connectivity index is 2.00. The highest BCUT2D eigenvalue weighted by molar-refractivity contribution is 5.62. The van der Waals surface area contributed by atoms with E-state index in [4.69, 9.17) is 4.52 Å². The first-order valence-electron chi connectivity index (χ1n) is 7.11. The zero-order chi connectivity index (χ0) is 15.7. The molecule has 0 bridgehead atoms. The highest BCUT2D eigenvalue weighted by Gasteiger charge is 2.14. The predicted octanol–water partition coefficient (Wildman–Crippen LogP) is 2.87. The van der Waals surface area contributed by atoms with E-state index in [1.54, 1.807) is 6.07 Å². The molecule has 0 saturated heterocycles. The molecule has 0 radical (unpaired) electrons. The Bertz CT molecular complexity index is 841. The fourth-order valence-corrected chi connectivity index (χ4v) is 2.41. The molecule has 0 saturated carbocycles. The summed E-state index contributed by atoms with van der Waals surface area (Å²) in [6.45, 7) is 6.18. The normalized spacial score (nSPS) is 10.9. The molecule has 3 aromatic rings. The minimum atomic E-state index is -0.129. The van der Waals surface area contributed by atoms with Crippen LogP contribution in [0.3, 0.4) is 0 Å². The van der Waals surface area contributed by atoms with Crippen LogP contribution in [-0.4, -0.2) is 14.9 Å². The van der Waals surface area contributed by atoms with Crippen LogP contribution >= 0.6 is 0 Å². The van der Waals surface area contributed by atoms with Gasteiger partial charge in [-0.3, -0.25) is 4.79 Å². The van der Waals surface area contributed by atoms with Gasteiger partial charge in [0.25, 0.3) is 5.56 Å². The molecule has 0 N–H and O–H groups in total. The molecular formula is C17H17N3O2. The second-order valence-electron chi connectivity index (χ2n) is 5.40. The molecule has 0 amide bonds. The van der Waals surface area contributed by atoms with Crippen molar-refractivity contribution >= 4 is 0 Å². The van der Waals surface area contributed by atoms with Gasteiger partial charge in [0, 0.05) is 6.07 Å². The van der Waals surface area contributed by atoms with E-state index in [0.717, 1.165) is 16.8 Å². The summed E-state index contributed by atoms with van der Waals surface area (Å²) in [5.74, 6) is 0.700. The average molecular weight is 295 g/mol. The van der Waals surface area contributed by atoms with Crippen LogP contribution in [-0.2, 0) is 6.54 Å². The summed E-state index contributed by atoms with van der Waals surface area (Å²) in [5.41, 5.74) is 4.41. The molecule has 3 rings (SSSR count). The lowest BCUT2D eigenvalue weighted by Crippen LogP contribution is -2.22. The molecule has 0 fully saturated rings. The minimum absolute atomic E-state index is 0.129. The lowest BCUT2D eigenvalue weighted by atomic mass is 10.1. The summed E-state index contributed by atoms with van der Waals surface area (Å²) in [6, 6.07) is 11.3. The zero-order valence-corrected chi connectivity index (χ0v) is 12.8. The highest BCUT2D eigenvalue weighted by Crippen LogP contribution is 2.23. The molecule has 2 aromatic heterocycles. The molecule has 0 atom stereocenters. The maximum absolute atomic E-state index is 12.0. The van der Waals surface area contributed by atoms with E-state index >= 15 is 0 Å². The van der Waals surface area contributed by atoms with Crippen LogP contribution in [0, 0.1) is 20.8 Å². The molecule has 1 aromatic carbocycles. The molecule has 0 aliphatic rings. The van der Waals surface area contributed by atoms with Crippen LogP contribution in [0.25, 0.3) is 11.3 Å². The van der Waals surface area contributed by atoms with Crippen molar-refractivity contribution in [2.75, 3.05) is 0 Å². The average Bonchev–Trinajstić information content (AvgIpc) is 2.83. The topological polar surface area (TPSA) is 60.9 Å². The number of aryl methyl sites for hydroxylation is 3. The lowest BCUT2D eigenvalue weighted by molar-refractivity contribution is 0.393. The highest BCUT2D eigenvalue weighted by atomic mass is 16.5. The smallest absolute Gasteiger partial charge is 0.267 e. The van der Waals surface area contributed by atoms with E-state index in [2.05, 4.69) is 10.3 Å². The number of rotatable bonds is 3. The zero-order valence-electron chi connectivity index (χ0n) is 12.8. The number of nitrogens with zero attached hydrogens (tertiary/aromatic N) is 3. The second-order valence-corrected chi connectivity index (χ2v) is 5.40. The lowest BCUT2D eigenvalue weighted by Gasteiger charge is -2.07. The molecular weight excluding hydrogens is 278 g/mol. The second kappa shape index (κ2) is 5.60. The Kier molecular flexibility index (Phi) is 3.63. The van der Waals surface area contributed by atoms with Crippen molar-refractivity contribution in [1.82, 2.24) is 14.9 Å². The molecule has 22 heavy (non-hydrogen) atoms. The van der Waals surface area contributed by atoms with E-state index in [0.29, 0.717) is 18.0 Å². The first-order valence-corrected chi connectivity index (χ1v) is 7.11. The van der Waals surface area contributed by atoms with Gasteiger partial charge in [-0.2, -0.15) is 5.10 Å². The fourth-order valence-electron chi connectivity index (χ4n) is 2.41. The Morgan fingerprint density at radius 1 is 1.05 bits per heavy atom. The van der Waals surface area contributed by atoms with Gasteiger partial charge in [0.1, 0.15) is 5.76 Å². The van der Waals surface area contributed by atoms with Gasteiger partial charge in [0.05, 0.1) is 23.5 Å². The summed E-state index contributed by atoms with van der Waals surface area (Å²) in [5, 5.41) is 8.39. The summed E-state index contributed by atoms with van der Waals surface area (Å²) < 4.78 is 6.64. The van der Waals surface area contributed by atoms with Crippen LogP contribution in [0.4, 0.5) is 0 Å². The van der Waals surface area contributed by atoms with E-state index in [1.807, 2.05) is 45.0 Å². The van der Waals surface area contributed by atoms with Crippen molar-refractivity contribution in [2.24, 2.45) is 0 Å². The quantitative estimate of drug-likeness (QED) is 0.745. The number of aromatic nitrogens is 3. The maximum Gasteiger partial charge on any atom is 0.267 e. The fraction of sp³-hybridized carbons (Fsp3) is 0.235. The Labute approximate surface area is 128 Å². The molecule has 0 aliphatic heterocycles. The summed E-state index contributed by atoms with van der Waals surface area (Å²) in [6.07, 6.45) is 0. The van der Waals surface area contributed by atoms with Gasteiger partial charge in [-0.1, -0.05) is 35.0 Å². The summed E-state index contributed by atoms with van der Waals surface area (Å²) in [4.78, 5) is 12.0. The van der Waals surface area contributed by atoms with Crippen molar-refractivity contribution < 1.29 is 4.52 Å². The first kappa shape index (κ1) is 14.3. The van der Waals surface area contributed by atoms with Crippen LogP contribution in [0.1, 0.15) is 22.6 Å². The Morgan fingerprint density at radius 3 is 2.41 bits per heavy atom.